The first kappa shape index (κ1) is 11.3. The number of nitrogens with zero attached hydrogens (tertiary/aromatic N) is 2. The van der Waals surface area contributed by atoms with Gasteiger partial charge in [0.1, 0.15) is 11.2 Å². The Morgan fingerprint density at radius 1 is 1.11 bits per heavy atom. The van der Waals surface area contributed by atoms with Gasteiger partial charge >= 0.3 is 0 Å². The predicted molar refractivity (Wildman–Crippen MR) is 73.4 cm³/mol. The SMILES string of the molecule is O=C1CS[C@H](c2ccccc2)N1c1ccccn1. The number of amides is 1. The number of carbonyl (C=O) groups excluding carboxylic acids is 1. The van der Waals surface area contributed by atoms with Gasteiger partial charge in [0, 0.05) is 6.20 Å². The van der Waals surface area contributed by atoms with Crippen molar-refractivity contribution in [3.63, 3.8) is 0 Å². The zero-order valence-electron chi connectivity index (χ0n) is 9.69. The standard InChI is InChI=1S/C14H12N2OS/c17-13-10-18-14(11-6-2-1-3-7-11)16(13)12-8-4-5-9-15-12/h1-9,14H,10H2/t14-/m1/s1. The number of pyridine rings is 1. The zero-order chi connectivity index (χ0) is 12.4. The molecule has 3 rings (SSSR count). The Bertz CT molecular complexity index is 544. The van der Waals surface area contributed by atoms with Crippen LogP contribution in [0.5, 0.6) is 0 Å². The average molecular weight is 256 g/mol. The summed E-state index contributed by atoms with van der Waals surface area (Å²) in [5, 5.41) is 0.0357. The van der Waals surface area contributed by atoms with Crippen LogP contribution in [0.25, 0.3) is 0 Å². The molecule has 0 unspecified atom stereocenters. The molecular formula is C14H12N2OS. The van der Waals surface area contributed by atoms with Gasteiger partial charge in [-0.2, -0.15) is 0 Å². The Morgan fingerprint density at radius 2 is 1.89 bits per heavy atom. The molecule has 1 aromatic carbocycles. The van der Waals surface area contributed by atoms with E-state index in [4.69, 9.17) is 0 Å². The van der Waals surface area contributed by atoms with Crippen LogP contribution in [0.3, 0.4) is 0 Å². The molecule has 3 nitrogen and oxygen atoms in total. The van der Waals surface area contributed by atoms with Crippen LogP contribution in [0.15, 0.2) is 54.7 Å². The number of carbonyl (C=O) groups is 1. The number of thioether (sulfide) groups is 1. The molecule has 0 N–H and O–H groups in total. The van der Waals surface area contributed by atoms with E-state index in [0.29, 0.717) is 5.75 Å². The maximum atomic E-state index is 12.0. The molecule has 2 heterocycles. The lowest BCUT2D eigenvalue weighted by atomic mass is 10.2. The normalized spacial score (nSPS) is 19.2. The van der Waals surface area contributed by atoms with Crippen LogP contribution in [-0.4, -0.2) is 16.6 Å². The average Bonchev–Trinajstić information content (AvgIpc) is 2.83. The first-order valence-electron chi connectivity index (χ1n) is 5.76. The largest absolute Gasteiger partial charge is 0.279 e. The van der Waals surface area contributed by atoms with E-state index in [2.05, 4.69) is 4.98 Å². The second-order valence-corrected chi connectivity index (χ2v) is 5.09. The number of rotatable bonds is 2. The van der Waals surface area contributed by atoms with Gasteiger partial charge in [0.05, 0.1) is 5.75 Å². The van der Waals surface area contributed by atoms with Crippen molar-refractivity contribution in [2.24, 2.45) is 0 Å². The summed E-state index contributed by atoms with van der Waals surface area (Å²) in [6.07, 6.45) is 1.72. The van der Waals surface area contributed by atoms with Crippen molar-refractivity contribution >= 4 is 23.5 Å². The first-order chi connectivity index (χ1) is 8.86. The Morgan fingerprint density at radius 3 is 2.61 bits per heavy atom. The summed E-state index contributed by atoms with van der Waals surface area (Å²) >= 11 is 1.64. The fraction of sp³-hybridized carbons (Fsp3) is 0.143. The minimum absolute atomic E-state index is 0.0357. The molecule has 1 aliphatic heterocycles. The summed E-state index contributed by atoms with van der Waals surface area (Å²) in [4.78, 5) is 18.1. The van der Waals surface area contributed by atoms with E-state index in [0.717, 1.165) is 11.4 Å². The van der Waals surface area contributed by atoms with Crippen molar-refractivity contribution in [2.75, 3.05) is 10.7 Å². The predicted octanol–water partition coefficient (Wildman–Crippen LogP) is 2.86. The number of anilines is 1. The highest BCUT2D eigenvalue weighted by atomic mass is 32.2. The van der Waals surface area contributed by atoms with Crippen molar-refractivity contribution in [3.8, 4) is 0 Å². The molecule has 1 saturated heterocycles. The maximum Gasteiger partial charge on any atom is 0.239 e. The van der Waals surface area contributed by atoms with E-state index in [9.17, 15) is 4.79 Å². The van der Waals surface area contributed by atoms with Crippen LogP contribution in [0, 0.1) is 0 Å². The monoisotopic (exact) mass is 256 g/mol. The van der Waals surface area contributed by atoms with Crippen molar-refractivity contribution < 1.29 is 4.79 Å². The highest BCUT2D eigenvalue weighted by molar-refractivity contribution is 8.00. The van der Waals surface area contributed by atoms with Gasteiger partial charge < -0.3 is 0 Å². The van der Waals surface area contributed by atoms with E-state index in [1.54, 1.807) is 22.9 Å². The molecule has 2 aromatic rings. The summed E-state index contributed by atoms with van der Waals surface area (Å²) in [5.74, 6) is 1.35. The van der Waals surface area contributed by atoms with Crippen molar-refractivity contribution in [1.29, 1.82) is 0 Å². The molecule has 4 heteroatoms. The van der Waals surface area contributed by atoms with E-state index in [-0.39, 0.29) is 11.3 Å². The number of hydrogen-bond acceptors (Lipinski definition) is 3. The van der Waals surface area contributed by atoms with Gasteiger partial charge in [-0.25, -0.2) is 4.98 Å². The molecule has 90 valence electrons. The molecule has 1 fully saturated rings. The molecule has 0 radical (unpaired) electrons. The fourth-order valence-electron chi connectivity index (χ4n) is 2.03. The molecule has 0 aliphatic carbocycles. The third-order valence-corrected chi connectivity index (χ3v) is 4.06. The molecule has 1 aliphatic rings. The minimum atomic E-state index is 0.0357. The van der Waals surface area contributed by atoms with Crippen LogP contribution >= 0.6 is 11.8 Å². The van der Waals surface area contributed by atoms with Gasteiger partial charge in [-0.3, -0.25) is 9.69 Å². The van der Waals surface area contributed by atoms with Gasteiger partial charge in [-0.1, -0.05) is 36.4 Å². The molecule has 0 saturated carbocycles. The van der Waals surface area contributed by atoms with Crippen LogP contribution in [-0.2, 0) is 4.79 Å². The Balaban J connectivity index is 1.98. The summed E-state index contributed by atoms with van der Waals surface area (Å²) in [7, 11) is 0. The second kappa shape index (κ2) is 4.82. The smallest absolute Gasteiger partial charge is 0.239 e. The summed E-state index contributed by atoms with van der Waals surface area (Å²) in [6.45, 7) is 0. The highest BCUT2D eigenvalue weighted by Crippen LogP contribution is 2.40. The molecule has 0 spiro atoms. The number of benzene rings is 1. The zero-order valence-corrected chi connectivity index (χ0v) is 10.5. The van der Waals surface area contributed by atoms with Gasteiger partial charge in [0.15, 0.2) is 0 Å². The van der Waals surface area contributed by atoms with Crippen molar-refractivity contribution in [2.45, 2.75) is 5.37 Å². The molecule has 1 amide bonds. The molecule has 0 bridgehead atoms. The van der Waals surface area contributed by atoms with Crippen LogP contribution in [0.2, 0.25) is 0 Å². The van der Waals surface area contributed by atoms with E-state index in [1.165, 1.54) is 0 Å². The Kier molecular flexibility index (Phi) is 3.02. The lowest BCUT2D eigenvalue weighted by Gasteiger charge is -2.23. The topological polar surface area (TPSA) is 33.2 Å². The van der Waals surface area contributed by atoms with E-state index < -0.39 is 0 Å². The lowest BCUT2D eigenvalue weighted by Crippen LogP contribution is -2.28. The summed E-state index contributed by atoms with van der Waals surface area (Å²) in [5.41, 5.74) is 1.14. The van der Waals surface area contributed by atoms with Crippen molar-refractivity contribution in [3.05, 3.63) is 60.3 Å². The van der Waals surface area contributed by atoms with Crippen LogP contribution in [0.4, 0.5) is 5.82 Å². The number of aromatic nitrogens is 1. The third kappa shape index (κ3) is 1.99. The minimum Gasteiger partial charge on any atom is -0.279 e. The van der Waals surface area contributed by atoms with E-state index >= 15 is 0 Å². The van der Waals surface area contributed by atoms with Gasteiger partial charge in [0.2, 0.25) is 5.91 Å². The lowest BCUT2D eigenvalue weighted by molar-refractivity contribution is -0.115. The van der Waals surface area contributed by atoms with Crippen LogP contribution in [0.1, 0.15) is 10.9 Å². The third-order valence-electron chi connectivity index (χ3n) is 2.85. The summed E-state index contributed by atoms with van der Waals surface area (Å²) in [6, 6.07) is 15.7. The highest BCUT2D eigenvalue weighted by Gasteiger charge is 2.34. The first-order valence-corrected chi connectivity index (χ1v) is 6.81. The Hall–Kier alpha value is -1.81. The Labute approximate surface area is 110 Å². The molecular weight excluding hydrogens is 244 g/mol. The van der Waals surface area contributed by atoms with Crippen LogP contribution < -0.4 is 4.90 Å². The molecule has 1 atom stereocenters. The van der Waals surface area contributed by atoms with Gasteiger partial charge in [-0.05, 0) is 17.7 Å². The quantitative estimate of drug-likeness (QED) is 0.828. The van der Waals surface area contributed by atoms with Gasteiger partial charge in [0.25, 0.3) is 0 Å². The molecule has 18 heavy (non-hydrogen) atoms. The van der Waals surface area contributed by atoms with Gasteiger partial charge in [-0.15, -0.1) is 11.8 Å². The summed E-state index contributed by atoms with van der Waals surface area (Å²) < 4.78 is 0. The fourth-order valence-corrected chi connectivity index (χ4v) is 3.20. The second-order valence-electron chi connectivity index (χ2n) is 4.03. The van der Waals surface area contributed by atoms with Crippen molar-refractivity contribution in [1.82, 2.24) is 4.98 Å². The van der Waals surface area contributed by atoms with E-state index in [1.807, 2.05) is 48.5 Å². The maximum absolute atomic E-state index is 12.0. The number of hydrogen-bond donors (Lipinski definition) is 0. The molecule has 1 aromatic heterocycles.